The Labute approximate surface area is 172 Å². The lowest BCUT2D eigenvalue weighted by Crippen LogP contribution is -2.57. The lowest BCUT2D eigenvalue weighted by Gasteiger charge is -2.53. The molecule has 2 fully saturated rings. The number of phenols is 1. The van der Waals surface area contributed by atoms with Gasteiger partial charge in [-0.05, 0) is 36.6 Å². The van der Waals surface area contributed by atoms with Crippen molar-refractivity contribution in [1.82, 2.24) is 4.90 Å². The van der Waals surface area contributed by atoms with Crippen LogP contribution in [0.5, 0.6) is 17.2 Å². The number of piperidine rings is 1. The average molecular weight is 395 g/mol. The highest BCUT2D eigenvalue weighted by molar-refractivity contribution is 5.49. The normalized spacial score (nSPS) is 25.7. The van der Waals surface area contributed by atoms with Crippen molar-refractivity contribution >= 4 is 0 Å². The van der Waals surface area contributed by atoms with E-state index in [1.54, 1.807) is 13.2 Å². The number of rotatable bonds is 3. The first kappa shape index (κ1) is 18.8. The molecule has 0 saturated carbocycles. The summed E-state index contributed by atoms with van der Waals surface area (Å²) in [6, 6.07) is 14.0. The minimum atomic E-state index is -0.248. The Balaban J connectivity index is 1.35. The van der Waals surface area contributed by atoms with Crippen LogP contribution < -0.4 is 9.47 Å². The highest BCUT2D eigenvalue weighted by atomic mass is 16.5. The highest BCUT2D eigenvalue weighted by Gasteiger charge is 2.52. The molecule has 0 aromatic heterocycles. The van der Waals surface area contributed by atoms with Gasteiger partial charge in [0.25, 0.3) is 0 Å². The van der Waals surface area contributed by atoms with Gasteiger partial charge in [-0.2, -0.15) is 0 Å². The third-order valence-corrected chi connectivity index (χ3v) is 6.88. The molecule has 5 rings (SSSR count). The number of nitrogens with zero attached hydrogens (tertiary/aromatic N) is 1. The monoisotopic (exact) mass is 395 g/mol. The van der Waals surface area contributed by atoms with E-state index in [-0.39, 0.29) is 17.5 Å². The molecule has 0 bridgehead atoms. The van der Waals surface area contributed by atoms with E-state index in [9.17, 15) is 5.11 Å². The molecule has 1 N–H and O–H groups in total. The van der Waals surface area contributed by atoms with Gasteiger partial charge in [-0.25, -0.2) is 0 Å². The first-order valence-corrected chi connectivity index (χ1v) is 10.7. The molecule has 0 unspecified atom stereocenters. The maximum atomic E-state index is 10.5. The number of benzene rings is 2. The predicted octanol–water partition coefficient (Wildman–Crippen LogP) is 4.30. The molecule has 2 aromatic carbocycles. The second-order valence-electron chi connectivity index (χ2n) is 8.53. The molecule has 0 amide bonds. The molecule has 29 heavy (non-hydrogen) atoms. The second kappa shape index (κ2) is 7.54. The molecule has 154 valence electrons. The zero-order valence-electron chi connectivity index (χ0n) is 17.0. The van der Waals surface area contributed by atoms with Gasteiger partial charge in [0.2, 0.25) is 0 Å². The molecule has 3 heterocycles. The average Bonchev–Trinajstić information content (AvgIpc) is 2.77. The fourth-order valence-corrected chi connectivity index (χ4v) is 5.37. The van der Waals surface area contributed by atoms with Crippen molar-refractivity contribution in [1.29, 1.82) is 0 Å². The van der Waals surface area contributed by atoms with Crippen molar-refractivity contribution in [2.75, 3.05) is 26.8 Å². The predicted molar refractivity (Wildman–Crippen MR) is 110 cm³/mol. The van der Waals surface area contributed by atoms with Crippen molar-refractivity contribution in [3.05, 3.63) is 53.6 Å². The summed E-state index contributed by atoms with van der Waals surface area (Å²) in [4.78, 5) is 2.49. The van der Waals surface area contributed by atoms with E-state index in [1.807, 2.05) is 24.3 Å². The number of para-hydroxylation sites is 1. The van der Waals surface area contributed by atoms with Crippen LogP contribution in [0.4, 0.5) is 0 Å². The molecule has 0 radical (unpaired) electrons. The number of hydrogen-bond acceptors (Lipinski definition) is 5. The minimum Gasteiger partial charge on any atom is -0.504 e. The molecule has 2 aromatic rings. The molecule has 5 heteroatoms. The maximum Gasteiger partial charge on any atom is 0.167 e. The van der Waals surface area contributed by atoms with Gasteiger partial charge in [0.15, 0.2) is 11.5 Å². The Hall–Kier alpha value is -2.24. The molecular formula is C24H29NO4. The van der Waals surface area contributed by atoms with Crippen LogP contribution in [0.25, 0.3) is 0 Å². The van der Waals surface area contributed by atoms with Crippen molar-refractivity contribution in [3.8, 4) is 17.2 Å². The van der Waals surface area contributed by atoms with Gasteiger partial charge >= 0.3 is 0 Å². The van der Waals surface area contributed by atoms with Crippen LogP contribution in [0.15, 0.2) is 42.5 Å². The maximum absolute atomic E-state index is 10.5. The van der Waals surface area contributed by atoms with E-state index in [2.05, 4.69) is 17.0 Å². The summed E-state index contributed by atoms with van der Waals surface area (Å²) in [5.74, 6) is 2.12. The lowest BCUT2D eigenvalue weighted by molar-refractivity contribution is -0.150. The molecule has 1 spiro atoms. The van der Waals surface area contributed by atoms with Crippen molar-refractivity contribution < 1.29 is 19.3 Å². The van der Waals surface area contributed by atoms with Gasteiger partial charge in [-0.15, -0.1) is 0 Å². The van der Waals surface area contributed by atoms with E-state index in [0.29, 0.717) is 11.7 Å². The van der Waals surface area contributed by atoms with E-state index >= 15 is 0 Å². The van der Waals surface area contributed by atoms with E-state index in [1.165, 1.54) is 5.56 Å². The van der Waals surface area contributed by atoms with E-state index in [4.69, 9.17) is 14.2 Å². The topological polar surface area (TPSA) is 51.2 Å². The van der Waals surface area contributed by atoms with Crippen LogP contribution in [-0.4, -0.2) is 42.4 Å². The number of methoxy groups -OCH3 is 1. The molecular weight excluding hydrogens is 366 g/mol. The molecule has 2 atom stereocenters. The second-order valence-corrected chi connectivity index (χ2v) is 8.53. The number of aromatic hydroxyl groups is 1. The fourth-order valence-electron chi connectivity index (χ4n) is 5.37. The van der Waals surface area contributed by atoms with Crippen molar-refractivity contribution in [3.63, 3.8) is 0 Å². The van der Waals surface area contributed by atoms with Crippen LogP contribution in [0, 0.1) is 5.92 Å². The zero-order valence-corrected chi connectivity index (χ0v) is 17.0. The fraction of sp³-hybridized carbons (Fsp3) is 0.500. The zero-order chi connectivity index (χ0) is 19.8. The summed E-state index contributed by atoms with van der Waals surface area (Å²) in [5.41, 5.74) is 2.03. The van der Waals surface area contributed by atoms with Crippen LogP contribution >= 0.6 is 0 Å². The molecule has 0 aliphatic carbocycles. The van der Waals surface area contributed by atoms with Crippen LogP contribution in [0.2, 0.25) is 0 Å². The van der Waals surface area contributed by atoms with Crippen molar-refractivity contribution in [2.45, 2.75) is 43.9 Å². The summed E-state index contributed by atoms with van der Waals surface area (Å²) in [6.45, 7) is 3.65. The highest BCUT2D eigenvalue weighted by Crippen LogP contribution is 2.55. The quantitative estimate of drug-likeness (QED) is 0.840. The number of ether oxygens (including phenoxy) is 3. The van der Waals surface area contributed by atoms with Crippen molar-refractivity contribution in [2.24, 2.45) is 5.92 Å². The SMILES string of the molecule is COc1cccc(CN2CCC3(CC2)Oc2c(O)cccc2[C@H]2OCCC[C@@H]23)c1. The molecule has 5 nitrogen and oxygen atoms in total. The van der Waals surface area contributed by atoms with E-state index in [0.717, 1.165) is 63.2 Å². The first-order chi connectivity index (χ1) is 14.2. The summed E-state index contributed by atoms with van der Waals surface area (Å²) in [5, 5.41) is 10.5. The third kappa shape index (κ3) is 3.36. The van der Waals surface area contributed by atoms with Crippen LogP contribution in [0.3, 0.4) is 0 Å². The van der Waals surface area contributed by atoms with Crippen LogP contribution in [0.1, 0.15) is 42.9 Å². The Morgan fingerprint density at radius 2 is 2.00 bits per heavy atom. The molecule has 3 aliphatic heterocycles. The van der Waals surface area contributed by atoms with Gasteiger partial charge in [-0.3, -0.25) is 4.90 Å². The first-order valence-electron chi connectivity index (χ1n) is 10.7. The van der Waals surface area contributed by atoms with Gasteiger partial charge in [0.1, 0.15) is 11.4 Å². The molecule has 3 aliphatic rings. The number of phenolic OH excluding ortho intramolecular Hbond substituents is 1. The summed E-state index contributed by atoms with van der Waals surface area (Å²) in [7, 11) is 1.71. The summed E-state index contributed by atoms with van der Waals surface area (Å²) in [6.07, 6.45) is 4.14. The number of fused-ring (bicyclic) bond motifs is 4. The molecule has 2 saturated heterocycles. The Morgan fingerprint density at radius 3 is 2.83 bits per heavy atom. The van der Waals surface area contributed by atoms with Gasteiger partial charge in [0, 0.05) is 50.6 Å². The van der Waals surface area contributed by atoms with E-state index < -0.39 is 0 Å². The Morgan fingerprint density at radius 1 is 1.17 bits per heavy atom. The number of hydrogen-bond donors (Lipinski definition) is 1. The van der Waals surface area contributed by atoms with Crippen LogP contribution in [-0.2, 0) is 11.3 Å². The smallest absolute Gasteiger partial charge is 0.167 e. The van der Waals surface area contributed by atoms with Gasteiger partial charge in [-0.1, -0.05) is 24.3 Å². The third-order valence-electron chi connectivity index (χ3n) is 6.88. The lowest BCUT2D eigenvalue weighted by atomic mass is 9.70. The minimum absolute atomic E-state index is 0.0320. The van der Waals surface area contributed by atoms with Gasteiger partial charge < -0.3 is 19.3 Å². The number of likely N-dealkylation sites (tertiary alicyclic amines) is 1. The Kier molecular flexibility index (Phi) is 4.88. The summed E-state index contributed by atoms with van der Waals surface area (Å²) < 4.78 is 18.2. The summed E-state index contributed by atoms with van der Waals surface area (Å²) >= 11 is 0. The Bertz CT molecular complexity index is 875. The van der Waals surface area contributed by atoms with Gasteiger partial charge in [0.05, 0.1) is 13.2 Å². The standard InChI is InChI=1S/C24H29NO4/c1-27-18-6-2-5-17(15-18)16-25-12-10-24(11-13-25)20-8-4-14-28-22(20)19-7-3-9-21(26)23(19)29-24/h2-3,5-7,9,15,20,22,26H,4,8,10-14,16H2,1H3/t20-,22+/m0/s1. The largest absolute Gasteiger partial charge is 0.504 e.